The van der Waals surface area contributed by atoms with E-state index in [2.05, 4.69) is 76.4 Å². The van der Waals surface area contributed by atoms with Gasteiger partial charge in [0, 0.05) is 36.3 Å². The van der Waals surface area contributed by atoms with Crippen LogP contribution in [0.25, 0.3) is 0 Å². The summed E-state index contributed by atoms with van der Waals surface area (Å²) in [5.41, 5.74) is 6.42. The second-order valence-corrected chi connectivity index (χ2v) is 12.4. The summed E-state index contributed by atoms with van der Waals surface area (Å²) in [4.78, 5) is 0. The molecule has 0 heterocycles. The van der Waals surface area contributed by atoms with Crippen LogP contribution in [0.1, 0.15) is 101 Å². The Bertz CT molecular complexity index is 917. The second kappa shape index (κ2) is 10.3. The topological polar surface area (TPSA) is 64.5 Å². The number of rotatable bonds is 6. The van der Waals surface area contributed by atoms with Gasteiger partial charge in [-0.2, -0.15) is 0 Å². The molecule has 0 radical (unpaired) electrons. The van der Waals surface area contributed by atoms with Crippen molar-refractivity contribution in [2.75, 3.05) is 0 Å². The average Bonchev–Trinajstić information content (AvgIpc) is 2.74. The van der Waals surface area contributed by atoms with E-state index in [1.807, 2.05) is 13.8 Å². The summed E-state index contributed by atoms with van der Waals surface area (Å²) in [6, 6.07) is 9.17. The fourth-order valence-electron chi connectivity index (χ4n) is 4.94. The predicted molar refractivity (Wildman–Crippen MR) is 143 cm³/mol. The van der Waals surface area contributed by atoms with E-state index in [9.17, 15) is 10.2 Å². The summed E-state index contributed by atoms with van der Waals surface area (Å²) >= 11 is 0. The van der Waals surface area contributed by atoms with Gasteiger partial charge >= 0.3 is 0 Å². The minimum Gasteiger partial charge on any atom is -0.507 e. The third-order valence-electron chi connectivity index (χ3n) is 7.37. The zero-order valence-electron chi connectivity index (χ0n) is 22.6. The van der Waals surface area contributed by atoms with Crippen molar-refractivity contribution in [3.8, 4) is 11.5 Å². The molecule has 1 unspecified atom stereocenters. The molecule has 0 aliphatic heterocycles. The SMILES string of the molecule is Cc1cc(C(C)(C)C)cc(CNC2CCCC[C@H]2NCc2cc(C(C)(C)C)cc(C)c2O)c1O. The molecule has 2 atom stereocenters. The Balaban J connectivity index is 1.72. The minimum atomic E-state index is 0.0455. The van der Waals surface area contributed by atoms with E-state index in [4.69, 9.17) is 0 Å². The van der Waals surface area contributed by atoms with Gasteiger partial charge in [0.2, 0.25) is 0 Å². The lowest BCUT2D eigenvalue weighted by Crippen LogP contribution is -2.49. The molecule has 0 spiro atoms. The van der Waals surface area contributed by atoms with Gasteiger partial charge in [0.15, 0.2) is 0 Å². The van der Waals surface area contributed by atoms with E-state index < -0.39 is 0 Å². The van der Waals surface area contributed by atoms with Gasteiger partial charge in [-0.1, -0.05) is 78.6 Å². The fraction of sp³-hybridized carbons (Fsp3) is 0.600. The van der Waals surface area contributed by atoms with Crippen LogP contribution in [0.4, 0.5) is 0 Å². The molecule has 2 aromatic rings. The van der Waals surface area contributed by atoms with Crippen LogP contribution in [-0.2, 0) is 23.9 Å². The summed E-state index contributed by atoms with van der Waals surface area (Å²) < 4.78 is 0. The molecule has 0 saturated heterocycles. The lowest BCUT2D eigenvalue weighted by molar-refractivity contribution is 0.279. The van der Waals surface area contributed by atoms with E-state index in [1.54, 1.807) is 0 Å². The number of aromatic hydroxyl groups is 2. The van der Waals surface area contributed by atoms with E-state index in [0.29, 0.717) is 36.7 Å². The third-order valence-corrected chi connectivity index (χ3v) is 7.37. The Labute approximate surface area is 207 Å². The van der Waals surface area contributed by atoms with Crippen LogP contribution in [0.5, 0.6) is 11.5 Å². The smallest absolute Gasteiger partial charge is 0.122 e. The zero-order valence-corrected chi connectivity index (χ0v) is 22.6. The normalized spacial score (nSPS) is 19.4. The van der Waals surface area contributed by atoms with Crippen molar-refractivity contribution in [3.05, 3.63) is 57.6 Å². The maximum Gasteiger partial charge on any atom is 0.122 e. The molecule has 0 bridgehead atoms. The van der Waals surface area contributed by atoms with Gasteiger partial charge in [-0.05, 0) is 59.8 Å². The summed E-state index contributed by atoms with van der Waals surface area (Å²) in [6.07, 6.45) is 4.66. The van der Waals surface area contributed by atoms with Gasteiger partial charge in [0.05, 0.1) is 0 Å². The molecule has 4 nitrogen and oxygen atoms in total. The number of phenolic OH excluding ortho intramolecular Hbond substituents is 2. The number of nitrogens with one attached hydrogen (secondary N) is 2. The van der Waals surface area contributed by atoms with Crippen LogP contribution in [-0.4, -0.2) is 22.3 Å². The van der Waals surface area contributed by atoms with Gasteiger partial charge in [0.25, 0.3) is 0 Å². The van der Waals surface area contributed by atoms with Crippen molar-refractivity contribution < 1.29 is 10.2 Å². The van der Waals surface area contributed by atoms with Crippen molar-refractivity contribution >= 4 is 0 Å². The molecule has 0 aromatic heterocycles. The molecule has 2 aromatic carbocycles. The molecule has 0 amide bonds. The maximum absolute atomic E-state index is 10.7. The van der Waals surface area contributed by atoms with Crippen LogP contribution >= 0.6 is 0 Å². The lowest BCUT2D eigenvalue weighted by Gasteiger charge is -2.34. The van der Waals surface area contributed by atoms with Crippen molar-refractivity contribution in [1.82, 2.24) is 10.6 Å². The van der Waals surface area contributed by atoms with E-state index in [0.717, 1.165) is 35.1 Å². The van der Waals surface area contributed by atoms with Crippen LogP contribution < -0.4 is 10.6 Å². The molecule has 4 N–H and O–H groups in total. The highest BCUT2D eigenvalue weighted by Crippen LogP contribution is 2.32. The summed E-state index contributed by atoms with van der Waals surface area (Å²) in [5.74, 6) is 0.806. The summed E-state index contributed by atoms with van der Waals surface area (Å²) in [6.45, 7) is 18.6. The molecular weight excluding hydrogens is 420 g/mol. The highest BCUT2D eigenvalue weighted by Gasteiger charge is 2.26. The van der Waals surface area contributed by atoms with Gasteiger partial charge < -0.3 is 20.8 Å². The first-order valence-corrected chi connectivity index (χ1v) is 12.9. The van der Waals surface area contributed by atoms with Crippen molar-refractivity contribution in [3.63, 3.8) is 0 Å². The highest BCUT2D eigenvalue weighted by molar-refractivity contribution is 5.46. The molecule has 1 saturated carbocycles. The Morgan fingerprint density at radius 3 is 1.35 bits per heavy atom. The molecular formula is C30H46N2O2. The van der Waals surface area contributed by atoms with Crippen LogP contribution in [0.15, 0.2) is 24.3 Å². The number of phenols is 2. The summed E-state index contributed by atoms with van der Waals surface area (Å²) in [7, 11) is 0. The van der Waals surface area contributed by atoms with Gasteiger partial charge in [-0.3, -0.25) is 0 Å². The largest absolute Gasteiger partial charge is 0.507 e. The molecule has 188 valence electrons. The van der Waals surface area contributed by atoms with Crippen molar-refractivity contribution in [1.29, 1.82) is 0 Å². The van der Waals surface area contributed by atoms with Gasteiger partial charge in [-0.15, -0.1) is 0 Å². The Hall–Kier alpha value is -2.04. The van der Waals surface area contributed by atoms with Crippen LogP contribution in [0, 0.1) is 13.8 Å². The quantitative estimate of drug-likeness (QED) is 0.392. The minimum absolute atomic E-state index is 0.0455. The first-order chi connectivity index (χ1) is 15.8. The van der Waals surface area contributed by atoms with Crippen LogP contribution in [0.3, 0.4) is 0 Å². The fourth-order valence-corrected chi connectivity index (χ4v) is 4.94. The van der Waals surface area contributed by atoms with E-state index in [1.165, 1.54) is 24.0 Å². The zero-order chi connectivity index (χ0) is 25.3. The number of hydrogen-bond acceptors (Lipinski definition) is 4. The van der Waals surface area contributed by atoms with Crippen LogP contribution in [0.2, 0.25) is 0 Å². The third kappa shape index (κ3) is 6.34. The monoisotopic (exact) mass is 466 g/mol. The lowest BCUT2D eigenvalue weighted by atomic mass is 9.84. The van der Waals surface area contributed by atoms with E-state index >= 15 is 0 Å². The molecule has 34 heavy (non-hydrogen) atoms. The number of hydrogen-bond donors (Lipinski definition) is 4. The Morgan fingerprint density at radius 1 is 0.676 bits per heavy atom. The molecule has 1 fully saturated rings. The first kappa shape index (κ1) is 26.6. The highest BCUT2D eigenvalue weighted by atomic mass is 16.3. The van der Waals surface area contributed by atoms with Gasteiger partial charge in [0.1, 0.15) is 11.5 Å². The van der Waals surface area contributed by atoms with Crippen molar-refractivity contribution in [2.24, 2.45) is 0 Å². The van der Waals surface area contributed by atoms with Gasteiger partial charge in [-0.25, -0.2) is 0 Å². The predicted octanol–water partition coefficient (Wildman–Crippen LogP) is 6.50. The molecule has 3 rings (SSSR count). The summed E-state index contributed by atoms with van der Waals surface area (Å²) in [5, 5.41) is 28.9. The molecule has 4 heteroatoms. The molecule has 1 aliphatic rings. The number of benzene rings is 2. The van der Waals surface area contributed by atoms with E-state index in [-0.39, 0.29) is 10.8 Å². The number of aryl methyl sites for hydroxylation is 2. The van der Waals surface area contributed by atoms with Crippen molar-refractivity contribution in [2.45, 2.75) is 117 Å². The second-order valence-electron chi connectivity index (χ2n) is 12.4. The standard InChI is InChI=1S/C30H46N2O2/c1-19-13-23(29(3,4)5)15-21(27(19)33)17-31-25-11-9-10-12-26(25)32-18-22-16-24(30(6,7)8)14-20(2)28(22)34/h13-16,25-26,31-34H,9-12,17-18H2,1-8H3/t25-,26?/m1/s1. The maximum atomic E-state index is 10.7. The Morgan fingerprint density at radius 2 is 1.03 bits per heavy atom. The Kier molecular flexibility index (Phi) is 8.04. The molecule has 1 aliphatic carbocycles. The average molecular weight is 467 g/mol. The first-order valence-electron chi connectivity index (χ1n) is 12.9.